The van der Waals surface area contributed by atoms with Crippen molar-refractivity contribution in [1.82, 2.24) is 0 Å². The number of fused-ring (bicyclic) bond motifs is 1. The number of carbonyl (C=O) groups is 2. The molecular weight excluding hydrogens is 359 g/mol. The molecule has 0 radical (unpaired) electrons. The first-order chi connectivity index (χ1) is 12.6. The predicted octanol–water partition coefficient (Wildman–Crippen LogP) is 4.86. The van der Waals surface area contributed by atoms with E-state index in [1.165, 1.54) is 0 Å². The summed E-state index contributed by atoms with van der Waals surface area (Å²) in [6.07, 6.45) is 0. The molecule has 0 aliphatic carbocycles. The maximum Gasteiger partial charge on any atom is 0.269 e. The van der Waals surface area contributed by atoms with Gasteiger partial charge in [-0.15, -0.1) is 0 Å². The topological polar surface area (TPSA) is 57.6 Å². The monoisotopic (exact) mass is 377 g/mol. The minimum atomic E-state index is -1.89. The summed E-state index contributed by atoms with van der Waals surface area (Å²) in [5.74, 6) is -9.36. The molecule has 0 saturated carbocycles. The molecule has 0 saturated heterocycles. The van der Waals surface area contributed by atoms with E-state index in [-0.39, 0.29) is 17.5 Å². The summed E-state index contributed by atoms with van der Waals surface area (Å²) in [6, 6.07) is 5.22. The Kier molecular flexibility index (Phi) is 4.49. The second-order valence-electron chi connectivity index (χ2n) is 7.08. The van der Waals surface area contributed by atoms with E-state index in [1.54, 1.807) is 18.2 Å². The minimum absolute atomic E-state index is 0.0946. The normalized spacial score (nSPS) is 13.9. The fourth-order valence-electron chi connectivity index (χ4n) is 3.34. The van der Waals surface area contributed by atoms with Gasteiger partial charge in [-0.05, 0) is 23.0 Å². The van der Waals surface area contributed by atoms with Crippen LogP contribution in [0.4, 0.5) is 18.9 Å². The first kappa shape index (κ1) is 18.9. The number of anilines is 1. The number of benzene rings is 2. The van der Waals surface area contributed by atoms with Crippen LogP contribution in [0.1, 0.15) is 71.4 Å². The predicted molar refractivity (Wildman–Crippen MR) is 93.7 cm³/mol. The number of imide groups is 1. The lowest BCUT2D eigenvalue weighted by Gasteiger charge is -2.25. The minimum Gasteiger partial charge on any atom is -0.503 e. The van der Waals surface area contributed by atoms with Crippen molar-refractivity contribution in [3.05, 3.63) is 57.9 Å². The molecule has 2 amide bonds. The van der Waals surface area contributed by atoms with Gasteiger partial charge in [-0.3, -0.25) is 9.59 Å². The highest BCUT2D eigenvalue weighted by molar-refractivity contribution is 6.35. The first-order valence-corrected chi connectivity index (χ1v) is 8.50. The molecule has 142 valence electrons. The molecule has 0 fully saturated rings. The molecule has 0 aromatic heterocycles. The summed E-state index contributed by atoms with van der Waals surface area (Å²) in [5, 5.41) is 9.43. The van der Waals surface area contributed by atoms with Crippen LogP contribution in [-0.4, -0.2) is 16.9 Å². The lowest BCUT2D eigenvalue weighted by molar-refractivity contribution is 0.0923. The van der Waals surface area contributed by atoms with Gasteiger partial charge in [0.05, 0.1) is 16.8 Å². The summed E-state index contributed by atoms with van der Waals surface area (Å²) in [5.41, 5.74) is -0.430. The van der Waals surface area contributed by atoms with Crippen molar-refractivity contribution >= 4 is 17.5 Å². The lowest BCUT2D eigenvalue weighted by atomic mass is 9.92. The van der Waals surface area contributed by atoms with Crippen molar-refractivity contribution < 1.29 is 27.9 Å². The molecule has 7 heteroatoms. The molecule has 0 atom stereocenters. The van der Waals surface area contributed by atoms with E-state index in [2.05, 4.69) is 0 Å². The lowest BCUT2D eigenvalue weighted by Crippen LogP contribution is -2.32. The zero-order valence-electron chi connectivity index (χ0n) is 15.2. The number of rotatable bonds is 3. The number of aromatic hydroxyl groups is 1. The van der Waals surface area contributed by atoms with Gasteiger partial charge < -0.3 is 5.11 Å². The Morgan fingerprint density at radius 2 is 1.26 bits per heavy atom. The van der Waals surface area contributed by atoms with E-state index in [4.69, 9.17) is 0 Å². The Hall–Kier alpha value is -2.83. The highest BCUT2D eigenvalue weighted by atomic mass is 19.2. The average Bonchev–Trinajstić information content (AvgIpc) is 2.87. The fraction of sp³-hybridized carbons (Fsp3) is 0.300. The number of nitrogens with zero attached hydrogens (tertiary/aromatic N) is 1. The quantitative estimate of drug-likeness (QED) is 0.614. The van der Waals surface area contributed by atoms with Gasteiger partial charge in [0.1, 0.15) is 0 Å². The van der Waals surface area contributed by atoms with Gasteiger partial charge in [-0.2, -0.15) is 4.39 Å². The second kappa shape index (κ2) is 6.40. The molecular formula is C20H18F3NO3. The van der Waals surface area contributed by atoms with Crippen molar-refractivity contribution in [3.63, 3.8) is 0 Å². The van der Waals surface area contributed by atoms with Gasteiger partial charge in [-0.1, -0.05) is 45.9 Å². The van der Waals surface area contributed by atoms with Crippen molar-refractivity contribution in [2.24, 2.45) is 0 Å². The van der Waals surface area contributed by atoms with Crippen LogP contribution in [0.2, 0.25) is 0 Å². The molecule has 0 spiro atoms. The number of hydrogen-bond donors (Lipinski definition) is 1. The third-order valence-corrected chi connectivity index (χ3v) is 4.70. The summed E-state index contributed by atoms with van der Waals surface area (Å²) < 4.78 is 42.3. The van der Waals surface area contributed by atoms with Gasteiger partial charge in [0.25, 0.3) is 11.8 Å². The Labute approximate surface area is 154 Å². The van der Waals surface area contributed by atoms with E-state index in [0.717, 1.165) is 0 Å². The van der Waals surface area contributed by atoms with E-state index in [1.807, 2.05) is 27.7 Å². The van der Waals surface area contributed by atoms with Gasteiger partial charge >= 0.3 is 0 Å². The molecule has 2 aromatic rings. The Bertz CT molecular complexity index is 910. The third kappa shape index (κ3) is 2.60. The maximum atomic E-state index is 14.3. The highest BCUT2D eigenvalue weighted by Crippen LogP contribution is 2.42. The second-order valence-corrected chi connectivity index (χ2v) is 7.08. The van der Waals surface area contributed by atoms with E-state index < -0.39 is 46.1 Å². The van der Waals surface area contributed by atoms with Gasteiger partial charge in [-0.25, -0.2) is 13.7 Å². The summed E-state index contributed by atoms with van der Waals surface area (Å²) in [6.45, 7) is 7.42. The van der Waals surface area contributed by atoms with E-state index in [9.17, 15) is 27.9 Å². The molecule has 1 aliphatic heterocycles. The van der Waals surface area contributed by atoms with Crippen molar-refractivity contribution in [2.75, 3.05) is 4.90 Å². The molecule has 1 heterocycles. The van der Waals surface area contributed by atoms with Crippen molar-refractivity contribution in [2.45, 2.75) is 39.5 Å². The Morgan fingerprint density at radius 3 is 1.70 bits per heavy atom. The zero-order chi connectivity index (χ0) is 20.2. The van der Waals surface area contributed by atoms with Crippen LogP contribution in [0.25, 0.3) is 0 Å². The SMILES string of the molecule is CC(C)c1cccc(C(C)C)c1N1C(=O)c2c(F)c(O)c(F)c(F)c2C1=O. The van der Waals surface area contributed by atoms with Gasteiger partial charge in [0, 0.05) is 0 Å². The molecule has 3 rings (SSSR count). The van der Waals surface area contributed by atoms with Gasteiger partial charge in [0.2, 0.25) is 5.82 Å². The summed E-state index contributed by atoms with van der Waals surface area (Å²) in [7, 11) is 0. The zero-order valence-corrected chi connectivity index (χ0v) is 15.2. The number of phenolic OH excluding ortho intramolecular Hbond substituents is 1. The molecule has 0 bridgehead atoms. The summed E-state index contributed by atoms with van der Waals surface area (Å²) >= 11 is 0. The maximum absolute atomic E-state index is 14.3. The van der Waals surface area contributed by atoms with Gasteiger partial charge in [0.15, 0.2) is 17.4 Å². The van der Waals surface area contributed by atoms with Crippen LogP contribution < -0.4 is 4.90 Å². The number of halogens is 3. The highest BCUT2D eigenvalue weighted by Gasteiger charge is 2.46. The number of phenols is 1. The number of hydrogen-bond acceptors (Lipinski definition) is 3. The Balaban J connectivity index is 2.34. The van der Waals surface area contributed by atoms with Crippen LogP contribution in [0.3, 0.4) is 0 Å². The van der Waals surface area contributed by atoms with Crippen LogP contribution in [0.15, 0.2) is 18.2 Å². The molecule has 1 N–H and O–H groups in total. The van der Waals surface area contributed by atoms with Crippen molar-refractivity contribution in [3.8, 4) is 5.75 Å². The Morgan fingerprint density at radius 1 is 0.815 bits per heavy atom. The standard InChI is InChI=1S/C20H18F3NO3/c1-8(2)10-6-5-7-11(9(3)4)17(10)24-19(26)12-13(20(24)27)15(22)18(25)16(23)14(12)21/h5-9,25H,1-4H3. The van der Waals surface area contributed by atoms with Crippen LogP contribution in [0.5, 0.6) is 5.75 Å². The first-order valence-electron chi connectivity index (χ1n) is 8.50. The van der Waals surface area contributed by atoms with E-state index in [0.29, 0.717) is 16.0 Å². The number of para-hydroxylation sites is 1. The van der Waals surface area contributed by atoms with E-state index >= 15 is 0 Å². The van der Waals surface area contributed by atoms with Crippen molar-refractivity contribution in [1.29, 1.82) is 0 Å². The fourth-order valence-corrected chi connectivity index (χ4v) is 3.34. The largest absolute Gasteiger partial charge is 0.503 e. The summed E-state index contributed by atoms with van der Waals surface area (Å²) in [4.78, 5) is 26.4. The van der Waals surface area contributed by atoms with Crippen LogP contribution in [0, 0.1) is 17.5 Å². The smallest absolute Gasteiger partial charge is 0.269 e. The molecule has 1 aliphatic rings. The number of amides is 2. The van der Waals surface area contributed by atoms with Crippen LogP contribution >= 0.6 is 0 Å². The molecule has 2 aromatic carbocycles. The molecule has 4 nitrogen and oxygen atoms in total. The molecule has 0 unspecified atom stereocenters. The van der Waals surface area contributed by atoms with Crippen LogP contribution in [-0.2, 0) is 0 Å². The third-order valence-electron chi connectivity index (χ3n) is 4.70. The average molecular weight is 377 g/mol. The number of carbonyl (C=O) groups excluding carboxylic acids is 2. The molecule has 27 heavy (non-hydrogen) atoms.